The monoisotopic (exact) mass is 211 g/mol. The van der Waals surface area contributed by atoms with Crippen LogP contribution in [0.15, 0.2) is 0 Å². The molecule has 14 heavy (non-hydrogen) atoms. The molecule has 78 valence electrons. The second-order valence-corrected chi connectivity index (χ2v) is 5.21. The van der Waals surface area contributed by atoms with E-state index in [-0.39, 0.29) is 0 Å². The molecule has 4 heteroatoms. The summed E-state index contributed by atoms with van der Waals surface area (Å²) in [6.45, 7) is 5.14. The minimum absolute atomic E-state index is 0.694. The number of aryl methyl sites for hydroxylation is 1. The molecule has 1 heterocycles. The minimum atomic E-state index is 0.694. The highest BCUT2D eigenvalue weighted by Gasteiger charge is 2.29. The Morgan fingerprint density at radius 2 is 2.29 bits per heavy atom. The Morgan fingerprint density at radius 1 is 1.50 bits per heavy atom. The Bertz CT molecular complexity index is 293. The molecule has 1 aliphatic carbocycles. The molecule has 1 aromatic heterocycles. The predicted octanol–water partition coefficient (Wildman–Crippen LogP) is 2.12. The summed E-state index contributed by atoms with van der Waals surface area (Å²) in [4.78, 5) is 0. The normalized spacial score (nSPS) is 18.4. The summed E-state index contributed by atoms with van der Waals surface area (Å²) in [7, 11) is 0. The van der Waals surface area contributed by atoms with Gasteiger partial charge in [0.05, 0.1) is 0 Å². The molecule has 0 bridgehead atoms. The van der Waals surface area contributed by atoms with Gasteiger partial charge >= 0.3 is 0 Å². The number of rotatable bonds is 5. The van der Waals surface area contributed by atoms with E-state index in [1.807, 2.05) is 6.92 Å². The van der Waals surface area contributed by atoms with E-state index >= 15 is 0 Å². The van der Waals surface area contributed by atoms with Gasteiger partial charge in [0.15, 0.2) is 0 Å². The molecule has 1 saturated carbocycles. The predicted molar refractivity (Wildman–Crippen MR) is 58.3 cm³/mol. The van der Waals surface area contributed by atoms with Crippen LogP contribution in [0.4, 0.5) is 0 Å². The summed E-state index contributed by atoms with van der Waals surface area (Å²) < 4.78 is 0. The Kier molecular flexibility index (Phi) is 3.13. The van der Waals surface area contributed by atoms with Crippen molar-refractivity contribution in [2.75, 3.05) is 0 Å². The van der Waals surface area contributed by atoms with E-state index < -0.39 is 0 Å². The van der Waals surface area contributed by atoms with Crippen molar-refractivity contribution in [2.45, 2.75) is 45.7 Å². The highest BCUT2D eigenvalue weighted by Crippen LogP contribution is 2.34. The lowest BCUT2D eigenvalue weighted by molar-refractivity contribution is 0.448. The van der Waals surface area contributed by atoms with Crippen molar-refractivity contribution in [2.24, 2.45) is 5.92 Å². The van der Waals surface area contributed by atoms with E-state index in [9.17, 15) is 0 Å². The Hall–Kier alpha value is -0.480. The van der Waals surface area contributed by atoms with Crippen LogP contribution in [-0.4, -0.2) is 16.2 Å². The standard InChI is InChI=1S/C10H17N3S/c1-3-9(8-4-5-8)11-6-10-13-12-7(2)14-10/h8-9,11H,3-6H2,1-2H3. The van der Waals surface area contributed by atoms with Gasteiger partial charge in [0.2, 0.25) is 0 Å². The van der Waals surface area contributed by atoms with Gasteiger partial charge in [-0.3, -0.25) is 0 Å². The highest BCUT2D eigenvalue weighted by atomic mass is 32.1. The van der Waals surface area contributed by atoms with Crippen LogP contribution in [0.5, 0.6) is 0 Å². The van der Waals surface area contributed by atoms with E-state index in [1.54, 1.807) is 11.3 Å². The lowest BCUT2D eigenvalue weighted by Crippen LogP contribution is -2.29. The summed E-state index contributed by atoms with van der Waals surface area (Å²) in [5.41, 5.74) is 0. The van der Waals surface area contributed by atoms with Gasteiger partial charge in [-0.05, 0) is 32.1 Å². The fourth-order valence-corrected chi connectivity index (χ4v) is 2.43. The quantitative estimate of drug-likeness (QED) is 0.810. The van der Waals surface area contributed by atoms with Crippen LogP contribution in [0.2, 0.25) is 0 Å². The average Bonchev–Trinajstić information content (AvgIpc) is 2.92. The first-order valence-corrected chi connectivity index (χ1v) is 6.13. The summed E-state index contributed by atoms with van der Waals surface area (Å²) in [6, 6.07) is 0.694. The molecule has 1 fully saturated rings. The van der Waals surface area contributed by atoms with Crippen molar-refractivity contribution < 1.29 is 0 Å². The Balaban J connectivity index is 1.80. The van der Waals surface area contributed by atoms with Crippen molar-refractivity contribution in [3.63, 3.8) is 0 Å². The fourth-order valence-electron chi connectivity index (χ4n) is 1.77. The van der Waals surface area contributed by atoms with Crippen LogP contribution in [0.3, 0.4) is 0 Å². The van der Waals surface area contributed by atoms with E-state index in [0.29, 0.717) is 6.04 Å². The summed E-state index contributed by atoms with van der Waals surface area (Å²) >= 11 is 1.69. The lowest BCUT2D eigenvalue weighted by atomic mass is 10.1. The molecular formula is C10H17N3S. The van der Waals surface area contributed by atoms with Crippen LogP contribution in [-0.2, 0) is 6.54 Å². The van der Waals surface area contributed by atoms with E-state index in [0.717, 1.165) is 22.5 Å². The van der Waals surface area contributed by atoms with Gasteiger partial charge in [-0.1, -0.05) is 6.92 Å². The molecule has 3 nitrogen and oxygen atoms in total. The zero-order chi connectivity index (χ0) is 9.97. The average molecular weight is 211 g/mol. The molecule has 1 N–H and O–H groups in total. The molecule has 1 unspecified atom stereocenters. The zero-order valence-electron chi connectivity index (χ0n) is 8.79. The molecule has 0 aliphatic heterocycles. The number of hydrogen-bond donors (Lipinski definition) is 1. The van der Waals surface area contributed by atoms with Crippen LogP contribution in [0.25, 0.3) is 0 Å². The third-order valence-corrected chi connectivity index (χ3v) is 3.55. The van der Waals surface area contributed by atoms with Gasteiger partial charge in [-0.25, -0.2) is 0 Å². The van der Waals surface area contributed by atoms with Crippen LogP contribution in [0, 0.1) is 12.8 Å². The second-order valence-electron chi connectivity index (χ2n) is 3.95. The Labute approximate surface area is 88.9 Å². The van der Waals surface area contributed by atoms with Gasteiger partial charge in [-0.15, -0.1) is 21.5 Å². The maximum absolute atomic E-state index is 4.11. The molecule has 0 aromatic carbocycles. The van der Waals surface area contributed by atoms with Gasteiger partial charge in [0.25, 0.3) is 0 Å². The molecule has 1 aliphatic rings. The first kappa shape index (κ1) is 10.1. The van der Waals surface area contributed by atoms with Gasteiger partial charge in [0.1, 0.15) is 10.0 Å². The van der Waals surface area contributed by atoms with E-state index in [2.05, 4.69) is 22.4 Å². The van der Waals surface area contributed by atoms with Crippen LogP contribution >= 0.6 is 11.3 Å². The number of hydrogen-bond acceptors (Lipinski definition) is 4. The molecule has 1 aromatic rings. The lowest BCUT2D eigenvalue weighted by Gasteiger charge is -2.14. The maximum Gasteiger partial charge on any atom is 0.131 e. The summed E-state index contributed by atoms with van der Waals surface area (Å²) in [6.07, 6.45) is 4.03. The molecule has 0 amide bonds. The fraction of sp³-hybridized carbons (Fsp3) is 0.800. The smallest absolute Gasteiger partial charge is 0.131 e. The maximum atomic E-state index is 4.11. The van der Waals surface area contributed by atoms with E-state index in [4.69, 9.17) is 0 Å². The molecule has 0 spiro atoms. The van der Waals surface area contributed by atoms with Crippen molar-refractivity contribution in [1.29, 1.82) is 0 Å². The topological polar surface area (TPSA) is 37.8 Å². The Morgan fingerprint density at radius 3 is 2.79 bits per heavy atom. The SMILES string of the molecule is CCC(NCc1nnc(C)s1)C1CC1. The van der Waals surface area contributed by atoms with Crippen molar-refractivity contribution in [1.82, 2.24) is 15.5 Å². The molecule has 0 saturated heterocycles. The van der Waals surface area contributed by atoms with Crippen molar-refractivity contribution in [3.05, 3.63) is 10.0 Å². The van der Waals surface area contributed by atoms with Crippen molar-refractivity contribution in [3.8, 4) is 0 Å². The number of nitrogens with one attached hydrogen (secondary N) is 1. The molecule has 1 atom stereocenters. The van der Waals surface area contributed by atoms with Crippen LogP contribution < -0.4 is 5.32 Å². The third-order valence-electron chi connectivity index (χ3n) is 2.71. The number of aromatic nitrogens is 2. The van der Waals surface area contributed by atoms with Crippen LogP contribution in [0.1, 0.15) is 36.2 Å². The molecular weight excluding hydrogens is 194 g/mol. The molecule has 0 radical (unpaired) electrons. The van der Waals surface area contributed by atoms with Gasteiger partial charge in [0, 0.05) is 12.6 Å². The van der Waals surface area contributed by atoms with Crippen molar-refractivity contribution >= 4 is 11.3 Å². The summed E-state index contributed by atoms with van der Waals surface area (Å²) in [5.74, 6) is 0.925. The largest absolute Gasteiger partial charge is 0.307 e. The first-order valence-electron chi connectivity index (χ1n) is 5.32. The zero-order valence-corrected chi connectivity index (χ0v) is 9.60. The summed E-state index contributed by atoms with van der Waals surface area (Å²) in [5, 5.41) is 13.9. The first-order chi connectivity index (χ1) is 6.79. The minimum Gasteiger partial charge on any atom is -0.307 e. The number of nitrogens with zero attached hydrogens (tertiary/aromatic N) is 2. The second kappa shape index (κ2) is 4.36. The van der Waals surface area contributed by atoms with Gasteiger partial charge < -0.3 is 5.32 Å². The highest BCUT2D eigenvalue weighted by molar-refractivity contribution is 7.11. The third kappa shape index (κ3) is 2.51. The van der Waals surface area contributed by atoms with Gasteiger partial charge in [-0.2, -0.15) is 0 Å². The van der Waals surface area contributed by atoms with E-state index in [1.165, 1.54) is 19.3 Å². The molecule has 2 rings (SSSR count).